The maximum atomic E-state index is 13.1. The molecule has 2 heterocycles. The standard InChI is InChI=1S/C23H34N4O5S/c1-6-27(7-2)33(30,31)18-8-9-21-19(10-18)20(11-22(28)25-21)23(29)24-12-15(3)26-13-16(4)32-17(5)14-26/h8-11,15-17H,6-7,12-14H2,1-5H3,(H,24,29)(H,25,28)/t15-,16-,17+/m0/s1. The van der Waals surface area contributed by atoms with Gasteiger partial charge in [-0.15, -0.1) is 0 Å². The number of nitrogens with zero attached hydrogens (tertiary/aromatic N) is 2. The van der Waals surface area contributed by atoms with Crippen LogP contribution < -0.4 is 10.9 Å². The fourth-order valence-electron chi connectivity index (χ4n) is 4.34. The molecular formula is C23H34N4O5S. The van der Waals surface area contributed by atoms with E-state index in [0.29, 0.717) is 30.5 Å². The van der Waals surface area contributed by atoms with Crippen LogP contribution in [-0.2, 0) is 14.8 Å². The van der Waals surface area contributed by atoms with Gasteiger partial charge in [0.25, 0.3) is 5.91 Å². The Bertz CT molecular complexity index is 1150. The molecule has 0 spiro atoms. The van der Waals surface area contributed by atoms with Gasteiger partial charge in [-0.25, -0.2) is 8.42 Å². The zero-order chi connectivity index (χ0) is 24.3. The summed E-state index contributed by atoms with van der Waals surface area (Å²) in [7, 11) is -3.70. The molecule has 0 radical (unpaired) electrons. The quantitative estimate of drug-likeness (QED) is 0.598. The summed E-state index contributed by atoms with van der Waals surface area (Å²) in [6, 6.07) is 5.74. The lowest BCUT2D eigenvalue weighted by Gasteiger charge is -2.39. The van der Waals surface area contributed by atoms with E-state index in [9.17, 15) is 18.0 Å². The normalized spacial score (nSPS) is 20.8. The lowest BCUT2D eigenvalue weighted by atomic mass is 10.1. The molecular weight excluding hydrogens is 444 g/mol. The molecule has 10 heteroatoms. The summed E-state index contributed by atoms with van der Waals surface area (Å²) in [5, 5.41) is 3.30. The highest BCUT2D eigenvalue weighted by Crippen LogP contribution is 2.23. The number of H-pyrrole nitrogens is 1. The van der Waals surface area contributed by atoms with E-state index in [1.807, 2.05) is 20.8 Å². The van der Waals surface area contributed by atoms with E-state index < -0.39 is 21.5 Å². The van der Waals surface area contributed by atoms with E-state index in [0.717, 1.165) is 13.1 Å². The molecule has 33 heavy (non-hydrogen) atoms. The molecule has 1 aromatic carbocycles. The predicted molar refractivity (Wildman–Crippen MR) is 128 cm³/mol. The number of benzene rings is 1. The molecule has 3 atom stereocenters. The van der Waals surface area contributed by atoms with Crippen molar-refractivity contribution < 1.29 is 17.9 Å². The van der Waals surface area contributed by atoms with Crippen molar-refractivity contribution in [2.75, 3.05) is 32.7 Å². The molecule has 3 rings (SSSR count). The van der Waals surface area contributed by atoms with Crippen molar-refractivity contribution in [3.05, 3.63) is 40.2 Å². The molecule has 1 aromatic heterocycles. The summed E-state index contributed by atoms with van der Waals surface area (Å²) < 4.78 is 33.1. The van der Waals surface area contributed by atoms with Crippen LogP contribution in [0.5, 0.6) is 0 Å². The minimum Gasteiger partial charge on any atom is -0.373 e. The Morgan fingerprint density at radius 3 is 2.45 bits per heavy atom. The Hall–Kier alpha value is -2.27. The summed E-state index contributed by atoms with van der Waals surface area (Å²) in [4.78, 5) is 30.3. The first kappa shape index (κ1) is 25.4. The van der Waals surface area contributed by atoms with Crippen molar-refractivity contribution >= 4 is 26.8 Å². The van der Waals surface area contributed by atoms with Crippen LogP contribution >= 0.6 is 0 Å². The summed E-state index contributed by atoms with van der Waals surface area (Å²) >= 11 is 0. The number of carbonyl (C=O) groups excluding carboxylic acids is 1. The summed E-state index contributed by atoms with van der Waals surface area (Å²) in [5.74, 6) is -0.412. The highest BCUT2D eigenvalue weighted by Gasteiger charge is 2.27. The Morgan fingerprint density at radius 2 is 1.85 bits per heavy atom. The molecule has 0 saturated carbocycles. The van der Waals surface area contributed by atoms with Crippen molar-refractivity contribution in [3.63, 3.8) is 0 Å². The van der Waals surface area contributed by atoms with Gasteiger partial charge in [0, 0.05) is 55.7 Å². The van der Waals surface area contributed by atoms with E-state index in [4.69, 9.17) is 4.74 Å². The molecule has 0 aliphatic carbocycles. The van der Waals surface area contributed by atoms with Crippen LogP contribution in [0.1, 0.15) is 45.0 Å². The average Bonchev–Trinajstić information content (AvgIpc) is 2.76. The van der Waals surface area contributed by atoms with Crippen molar-refractivity contribution in [2.45, 2.75) is 57.8 Å². The first-order chi connectivity index (χ1) is 15.6. The third-order valence-electron chi connectivity index (χ3n) is 6.03. The fourth-order valence-corrected chi connectivity index (χ4v) is 5.82. The number of ether oxygens (including phenoxy) is 1. The maximum Gasteiger partial charge on any atom is 0.252 e. The molecule has 1 aliphatic heterocycles. The van der Waals surface area contributed by atoms with Crippen LogP contribution in [0.25, 0.3) is 10.9 Å². The third kappa shape index (κ3) is 5.63. The van der Waals surface area contributed by atoms with E-state index >= 15 is 0 Å². The van der Waals surface area contributed by atoms with Crippen LogP contribution in [0.3, 0.4) is 0 Å². The van der Waals surface area contributed by atoms with Crippen molar-refractivity contribution in [2.24, 2.45) is 0 Å². The summed E-state index contributed by atoms with van der Waals surface area (Å²) in [6.07, 6.45) is 0.240. The number of carbonyl (C=O) groups is 1. The zero-order valence-corrected chi connectivity index (χ0v) is 20.7. The number of pyridine rings is 1. The monoisotopic (exact) mass is 478 g/mol. The van der Waals surface area contributed by atoms with Gasteiger partial charge in [-0.05, 0) is 39.0 Å². The second kappa shape index (κ2) is 10.3. The first-order valence-corrected chi connectivity index (χ1v) is 12.9. The number of aromatic nitrogens is 1. The molecule has 2 aromatic rings. The topological polar surface area (TPSA) is 112 Å². The van der Waals surface area contributed by atoms with Crippen LogP contribution in [0, 0.1) is 0 Å². The number of aromatic amines is 1. The van der Waals surface area contributed by atoms with Crippen molar-refractivity contribution in [1.82, 2.24) is 19.5 Å². The molecule has 1 fully saturated rings. The van der Waals surface area contributed by atoms with E-state index in [2.05, 4.69) is 15.2 Å². The van der Waals surface area contributed by atoms with E-state index in [1.165, 1.54) is 28.6 Å². The van der Waals surface area contributed by atoms with Crippen molar-refractivity contribution in [3.8, 4) is 0 Å². The smallest absolute Gasteiger partial charge is 0.252 e. The Morgan fingerprint density at radius 1 is 1.21 bits per heavy atom. The predicted octanol–water partition coefficient (Wildman–Crippen LogP) is 1.79. The van der Waals surface area contributed by atoms with Crippen LogP contribution in [0.15, 0.2) is 34.0 Å². The highest BCUT2D eigenvalue weighted by molar-refractivity contribution is 7.89. The maximum absolute atomic E-state index is 13.1. The molecule has 0 unspecified atom stereocenters. The number of rotatable bonds is 8. The Balaban J connectivity index is 1.87. The third-order valence-corrected chi connectivity index (χ3v) is 8.08. The molecule has 1 aliphatic rings. The molecule has 182 valence electrons. The molecule has 0 bridgehead atoms. The number of hydrogen-bond acceptors (Lipinski definition) is 6. The number of hydrogen-bond donors (Lipinski definition) is 2. The lowest BCUT2D eigenvalue weighted by Crippen LogP contribution is -2.52. The second-order valence-corrected chi connectivity index (χ2v) is 10.6. The number of sulfonamides is 1. The van der Waals surface area contributed by atoms with Gasteiger partial charge in [-0.2, -0.15) is 4.31 Å². The van der Waals surface area contributed by atoms with Crippen LogP contribution in [-0.4, -0.2) is 79.5 Å². The van der Waals surface area contributed by atoms with Gasteiger partial charge in [0.2, 0.25) is 15.6 Å². The molecule has 1 saturated heterocycles. The van der Waals surface area contributed by atoms with Gasteiger partial charge < -0.3 is 15.0 Å². The molecule has 9 nitrogen and oxygen atoms in total. The highest BCUT2D eigenvalue weighted by atomic mass is 32.2. The van der Waals surface area contributed by atoms with Gasteiger partial charge in [-0.1, -0.05) is 13.8 Å². The molecule has 2 N–H and O–H groups in total. The van der Waals surface area contributed by atoms with Crippen LogP contribution in [0.2, 0.25) is 0 Å². The van der Waals surface area contributed by atoms with Crippen molar-refractivity contribution in [1.29, 1.82) is 0 Å². The largest absolute Gasteiger partial charge is 0.373 e. The van der Waals surface area contributed by atoms with E-state index in [-0.39, 0.29) is 28.7 Å². The fraction of sp³-hybridized carbons (Fsp3) is 0.565. The zero-order valence-electron chi connectivity index (χ0n) is 19.9. The Labute approximate surface area is 195 Å². The van der Waals surface area contributed by atoms with E-state index in [1.54, 1.807) is 13.8 Å². The number of nitrogens with one attached hydrogen (secondary N) is 2. The summed E-state index contributed by atoms with van der Waals surface area (Å²) in [6.45, 7) is 12.3. The molecule has 1 amide bonds. The average molecular weight is 479 g/mol. The SMILES string of the molecule is CCN(CC)S(=O)(=O)c1ccc2[nH]c(=O)cc(C(=O)NC[C@H](C)N3C[C@@H](C)O[C@@H](C)C3)c2c1. The lowest BCUT2D eigenvalue weighted by molar-refractivity contribution is -0.0778. The minimum absolute atomic E-state index is 0.0783. The van der Waals surface area contributed by atoms with Gasteiger partial charge in [0.1, 0.15) is 0 Å². The number of morpholine rings is 1. The number of amides is 1. The Kier molecular flexibility index (Phi) is 7.94. The van der Waals surface area contributed by atoms with Gasteiger partial charge in [0.05, 0.1) is 22.7 Å². The summed E-state index contributed by atoms with van der Waals surface area (Å²) in [5.41, 5.74) is 0.146. The minimum atomic E-state index is -3.70. The van der Waals surface area contributed by atoms with Gasteiger partial charge >= 0.3 is 0 Å². The van der Waals surface area contributed by atoms with Gasteiger partial charge in [-0.3, -0.25) is 14.5 Å². The number of fused-ring (bicyclic) bond motifs is 1. The second-order valence-electron chi connectivity index (χ2n) is 8.61. The van der Waals surface area contributed by atoms with Gasteiger partial charge in [0.15, 0.2) is 0 Å². The van der Waals surface area contributed by atoms with Crippen LogP contribution in [0.4, 0.5) is 0 Å². The first-order valence-electron chi connectivity index (χ1n) is 11.4.